The van der Waals surface area contributed by atoms with Crippen molar-refractivity contribution in [3.63, 3.8) is 0 Å². The van der Waals surface area contributed by atoms with Gasteiger partial charge in [-0.3, -0.25) is 19.3 Å². The Morgan fingerprint density at radius 3 is 2.36 bits per heavy atom. The second-order valence-electron chi connectivity index (χ2n) is 7.25. The Bertz CT molecular complexity index is 916. The van der Waals surface area contributed by atoms with E-state index in [2.05, 4.69) is 5.32 Å². The lowest BCUT2D eigenvalue weighted by molar-refractivity contribution is -0.122. The Labute approximate surface area is 163 Å². The number of amides is 3. The molecule has 28 heavy (non-hydrogen) atoms. The number of hydrogen-bond acceptors (Lipinski definition) is 4. The Morgan fingerprint density at radius 1 is 1.00 bits per heavy atom. The van der Waals surface area contributed by atoms with Crippen molar-refractivity contribution in [2.75, 3.05) is 17.3 Å². The molecule has 3 amide bonds. The van der Waals surface area contributed by atoms with Gasteiger partial charge in [0.2, 0.25) is 11.8 Å². The number of ether oxygens (including phenoxy) is 1. The summed E-state index contributed by atoms with van der Waals surface area (Å²) in [6.07, 6.45) is 3.50. The van der Waals surface area contributed by atoms with E-state index in [9.17, 15) is 14.4 Å². The fourth-order valence-electron chi connectivity index (χ4n) is 4.11. The van der Waals surface area contributed by atoms with Crippen LogP contribution < -0.4 is 15.0 Å². The van der Waals surface area contributed by atoms with Gasteiger partial charge < -0.3 is 10.1 Å². The summed E-state index contributed by atoms with van der Waals surface area (Å²) in [6.45, 7) is 0. The van der Waals surface area contributed by atoms with Crippen LogP contribution in [-0.4, -0.2) is 24.8 Å². The van der Waals surface area contributed by atoms with E-state index in [0.29, 0.717) is 22.7 Å². The molecular formula is C22H22N2O4. The van der Waals surface area contributed by atoms with Crippen molar-refractivity contribution in [3.8, 4) is 5.75 Å². The molecule has 1 N–H and O–H groups in total. The van der Waals surface area contributed by atoms with Crippen LogP contribution in [0.1, 0.15) is 36.0 Å². The molecule has 0 aromatic heterocycles. The van der Waals surface area contributed by atoms with E-state index in [1.807, 2.05) is 0 Å². The van der Waals surface area contributed by atoms with Crippen molar-refractivity contribution in [3.05, 3.63) is 54.1 Å². The highest BCUT2D eigenvalue weighted by Crippen LogP contribution is 2.40. The Hall–Kier alpha value is -3.15. The van der Waals surface area contributed by atoms with Gasteiger partial charge in [0, 0.05) is 17.3 Å². The van der Waals surface area contributed by atoms with Crippen molar-refractivity contribution in [2.45, 2.75) is 25.7 Å². The van der Waals surface area contributed by atoms with Crippen LogP contribution in [0.2, 0.25) is 0 Å². The molecule has 2 aromatic carbocycles. The summed E-state index contributed by atoms with van der Waals surface area (Å²) in [7, 11) is 1.56. The van der Waals surface area contributed by atoms with Gasteiger partial charge in [0.25, 0.3) is 5.91 Å². The first kappa shape index (κ1) is 18.2. The van der Waals surface area contributed by atoms with Gasteiger partial charge in [-0.15, -0.1) is 0 Å². The van der Waals surface area contributed by atoms with Crippen LogP contribution >= 0.6 is 0 Å². The second-order valence-corrected chi connectivity index (χ2v) is 7.25. The number of carbonyl (C=O) groups is 3. The van der Waals surface area contributed by atoms with Gasteiger partial charge in [-0.25, -0.2) is 0 Å². The molecule has 2 aromatic rings. The van der Waals surface area contributed by atoms with Gasteiger partial charge >= 0.3 is 0 Å². The van der Waals surface area contributed by atoms with Gasteiger partial charge in [-0.2, -0.15) is 0 Å². The predicted molar refractivity (Wildman–Crippen MR) is 105 cm³/mol. The normalized spacial score (nSPS) is 21.4. The average Bonchev–Trinajstić information content (AvgIpc) is 2.99. The first-order valence-corrected chi connectivity index (χ1v) is 9.52. The predicted octanol–water partition coefficient (Wildman–Crippen LogP) is 3.63. The third-order valence-corrected chi connectivity index (χ3v) is 5.54. The maximum Gasteiger partial charge on any atom is 0.255 e. The second kappa shape index (κ2) is 7.46. The molecular weight excluding hydrogens is 356 g/mol. The average molecular weight is 378 g/mol. The first-order chi connectivity index (χ1) is 13.6. The van der Waals surface area contributed by atoms with E-state index in [4.69, 9.17) is 4.74 Å². The summed E-state index contributed by atoms with van der Waals surface area (Å²) in [5, 5.41) is 2.82. The summed E-state index contributed by atoms with van der Waals surface area (Å²) < 4.78 is 5.17. The molecule has 1 saturated heterocycles. The van der Waals surface area contributed by atoms with Crippen LogP contribution in [0.3, 0.4) is 0 Å². The van der Waals surface area contributed by atoms with E-state index in [1.54, 1.807) is 55.6 Å². The van der Waals surface area contributed by atoms with Gasteiger partial charge in [0.1, 0.15) is 5.75 Å². The molecule has 0 unspecified atom stereocenters. The molecule has 2 atom stereocenters. The number of fused-ring (bicyclic) bond motifs is 1. The summed E-state index contributed by atoms with van der Waals surface area (Å²) in [6, 6.07) is 13.7. The molecule has 4 rings (SSSR count). The number of methoxy groups -OCH3 is 1. The third kappa shape index (κ3) is 3.26. The fourth-order valence-corrected chi connectivity index (χ4v) is 4.11. The molecule has 0 spiro atoms. The maximum atomic E-state index is 12.8. The van der Waals surface area contributed by atoms with Crippen molar-refractivity contribution in [1.29, 1.82) is 0 Å². The van der Waals surface area contributed by atoms with Crippen LogP contribution in [-0.2, 0) is 9.59 Å². The molecule has 0 bridgehead atoms. The molecule has 1 heterocycles. The molecule has 1 aliphatic heterocycles. The van der Waals surface area contributed by atoms with Gasteiger partial charge in [0.05, 0.1) is 24.6 Å². The van der Waals surface area contributed by atoms with Crippen LogP contribution in [0.15, 0.2) is 48.5 Å². The van der Waals surface area contributed by atoms with Crippen molar-refractivity contribution in [2.24, 2.45) is 11.8 Å². The van der Waals surface area contributed by atoms with Crippen LogP contribution in [0.4, 0.5) is 11.4 Å². The number of hydrogen-bond donors (Lipinski definition) is 1. The summed E-state index contributed by atoms with van der Waals surface area (Å²) in [5.74, 6) is -0.375. The minimum absolute atomic E-state index is 0.139. The Balaban J connectivity index is 1.56. The summed E-state index contributed by atoms with van der Waals surface area (Å²) in [4.78, 5) is 39.5. The highest BCUT2D eigenvalue weighted by molar-refractivity contribution is 6.22. The minimum Gasteiger partial charge on any atom is -0.497 e. The van der Waals surface area contributed by atoms with E-state index in [-0.39, 0.29) is 29.6 Å². The zero-order chi connectivity index (χ0) is 19.7. The molecule has 2 fully saturated rings. The number of nitrogens with zero attached hydrogens (tertiary/aromatic N) is 1. The third-order valence-electron chi connectivity index (χ3n) is 5.54. The quantitative estimate of drug-likeness (QED) is 0.825. The largest absolute Gasteiger partial charge is 0.497 e. The Morgan fingerprint density at radius 2 is 1.68 bits per heavy atom. The van der Waals surface area contributed by atoms with Crippen LogP contribution in [0, 0.1) is 11.8 Å². The van der Waals surface area contributed by atoms with E-state index in [0.717, 1.165) is 25.7 Å². The molecule has 6 heteroatoms. The highest BCUT2D eigenvalue weighted by Gasteiger charge is 2.48. The van der Waals surface area contributed by atoms with Crippen LogP contribution in [0.25, 0.3) is 0 Å². The zero-order valence-electron chi connectivity index (χ0n) is 15.7. The lowest BCUT2D eigenvalue weighted by atomic mass is 9.81. The number of carbonyl (C=O) groups excluding carboxylic acids is 3. The highest BCUT2D eigenvalue weighted by atomic mass is 16.5. The van der Waals surface area contributed by atoms with Crippen molar-refractivity contribution < 1.29 is 19.1 Å². The molecule has 0 radical (unpaired) electrons. The van der Waals surface area contributed by atoms with Crippen molar-refractivity contribution in [1.82, 2.24) is 0 Å². The molecule has 1 aliphatic carbocycles. The van der Waals surface area contributed by atoms with E-state index >= 15 is 0 Å². The zero-order valence-corrected chi connectivity index (χ0v) is 15.7. The Kier molecular flexibility index (Phi) is 4.86. The molecule has 2 aliphatic rings. The number of benzene rings is 2. The molecule has 6 nitrogen and oxygen atoms in total. The van der Waals surface area contributed by atoms with Crippen LogP contribution in [0.5, 0.6) is 5.75 Å². The SMILES string of the molecule is COc1cccc(NC(=O)c2cccc(N3C(=O)[C@@H]4CCCC[C@H]4C3=O)c2)c1. The smallest absolute Gasteiger partial charge is 0.255 e. The molecule has 144 valence electrons. The minimum atomic E-state index is -0.313. The first-order valence-electron chi connectivity index (χ1n) is 9.52. The van der Waals surface area contributed by atoms with Gasteiger partial charge in [-0.05, 0) is 43.2 Å². The van der Waals surface area contributed by atoms with E-state index < -0.39 is 0 Å². The summed E-state index contributed by atoms with van der Waals surface area (Å²) >= 11 is 0. The summed E-state index contributed by atoms with van der Waals surface area (Å²) in [5.41, 5.74) is 1.45. The topological polar surface area (TPSA) is 75.7 Å². The van der Waals surface area contributed by atoms with E-state index in [1.165, 1.54) is 4.90 Å². The number of nitrogens with one attached hydrogen (secondary N) is 1. The van der Waals surface area contributed by atoms with Gasteiger partial charge in [0.15, 0.2) is 0 Å². The number of anilines is 2. The van der Waals surface area contributed by atoms with Crippen molar-refractivity contribution >= 4 is 29.1 Å². The molecule has 1 saturated carbocycles. The lowest BCUT2D eigenvalue weighted by Gasteiger charge is -2.19. The number of rotatable bonds is 4. The lowest BCUT2D eigenvalue weighted by Crippen LogP contribution is -2.31. The maximum absolute atomic E-state index is 12.8. The standard InChI is InChI=1S/C22H22N2O4/c1-28-17-9-5-7-15(13-17)23-20(25)14-6-4-8-16(12-14)24-21(26)18-10-2-3-11-19(18)22(24)27/h4-9,12-13,18-19H,2-3,10-11H2,1H3,(H,23,25)/t18-,19-/m1/s1. The monoisotopic (exact) mass is 378 g/mol. The fraction of sp³-hybridized carbons (Fsp3) is 0.318. The van der Waals surface area contributed by atoms with Gasteiger partial charge in [-0.1, -0.05) is 25.0 Å². The number of imide groups is 1.